The van der Waals surface area contributed by atoms with Crippen molar-refractivity contribution in [2.75, 3.05) is 11.9 Å². The average Bonchev–Trinajstić information content (AvgIpc) is 3.04. The lowest BCUT2D eigenvalue weighted by atomic mass is 9.92. The van der Waals surface area contributed by atoms with Crippen molar-refractivity contribution in [3.63, 3.8) is 0 Å². The lowest BCUT2D eigenvalue weighted by Crippen LogP contribution is -2.31. The normalized spacial score (nSPS) is 18.9. The van der Waals surface area contributed by atoms with Crippen LogP contribution in [0.15, 0.2) is 29.6 Å². The molecule has 0 saturated heterocycles. The second-order valence-electron chi connectivity index (χ2n) is 6.08. The first-order valence-corrected chi connectivity index (χ1v) is 8.94. The number of thiophene rings is 1. The SMILES string of the molecule is Cl.O=C(NC1CCCc2sccc21)c1cccc2c1CCCN2. The molecule has 1 amide bonds. The largest absolute Gasteiger partial charge is 0.385 e. The van der Waals surface area contributed by atoms with Crippen molar-refractivity contribution in [2.24, 2.45) is 0 Å². The summed E-state index contributed by atoms with van der Waals surface area (Å²) in [5, 5.41) is 8.80. The van der Waals surface area contributed by atoms with Gasteiger partial charge in [-0.25, -0.2) is 0 Å². The molecule has 2 N–H and O–H groups in total. The summed E-state index contributed by atoms with van der Waals surface area (Å²) in [7, 11) is 0. The van der Waals surface area contributed by atoms with Crippen LogP contribution in [0.1, 0.15) is 51.7 Å². The number of amides is 1. The third-order valence-corrected chi connectivity index (χ3v) is 5.69. The molecule has 1 aliphatic heterocycles. The fourth-order valence-corrected chi connectivity index (χ4v) is 4.58. The summed E-state index contributed by atoms with van der Waals surface area (Å²) in [4.78, 5) is 14.2. The zero-order valence-corrected chi connectivity index (χ0v) is 14.6. The molecule has 2 heterocycles. The number of hydrogen-bond donors (Lipinski definition) is 2. The van der Waals surface area contributed by atoms with Crippen LogP contribution >= 0.6 is 23.7 Å². The average molecular weight is 349 g/mol. The van der Waals surface area contributed by atoms with E-state index >= 15 is 0 Å². The molecule has 23 heavy (non-hydrogen) atoms. The number of carbonyl (C=O) groups is 1. The second kappa shape index (κ2) is 6.93. The highest BCUT2D eigenvalue weighted by Crippen LogP contribution is 2.34. The molecule has 1 unspecified atom stereocenters. The highest BCUT2D eigenvalue weighted by atomic mass is 35.5. The van der Waals surface area contributed by atoms with E-state index in [0.29, 0.717) is 0 Å². The van der Waals surface area contributed by atoms with Gasteiger partial charge in [-0.3, -0.25) is 4.79 Å². The van der Waals surface area contributed by atoms with E-state index < -0.39 is 0 Å². The first-order valence-electron chi connectivity index (χ1n) is 8.06. The summed E-state index contributed by atoms with van der Waals surface area (Å²) >= 11 is 1.81. The number of halogens is 1. The number of fused-ring (bicyclic) bond motifs is 2. The van der Waals surface area contributed by atoms with Crippen LogP contribution in [0.25, 0.3) is 0 Å². The Labute approximate surface area is 146 Å². The quantitative estimate of drug-likeness (QED) is 0.847. The number of hydrogen-bond acceptors (Lipinski definition) is 3. The Morgan fingerprint density at radius 3 is 3.04 bits per heavy atom. The lowest BCUT2D eigenvalue weighted by molar-refractivity contribution is 0.0932. The standard InChI is InChI=1S/C18H20N2OS.ClH/c21-18(13-4-1-6-15-12(13)5-3-10-19-15)20-16-7-2-8-17-14(16)9-11-22-17;/h1,4,6,9,11,16,19H,2-3,5,7-8,10H2,(H,20,21);1H. The van der Waals surface area contributed by atoms with Gasteiger partial charge in [0.15, 0.2) is 0 Å². The van der Waals surface area contributed by atoms with Gasteiger partial charge >= 0.3 is 0 Å². The van der Waals surface area contributed by atoms with Crippen LogP contribution in [0, 0.1) is 0 Å². The number of rotatable bonds is 2. The van der Waals surface area contributed by atoms with E-state index in [-0.39, 0.29) is 24.4 Å². The molecule has 0 spiro atoms. The topological polar surface area (TPSA) is 41.1 Å². The fourth-order valence-electron chi connectivity index (χ4n) is 3.60. The van der Waals surface area contributed by atoms with Crippen molar-refractivity contribution < 1.29 is 4.79 Å². The minimum absolute atomic E-state index is 0. The number of carbonyl (C=O) groups excluding carboxylic acids is 1. The fraction of sp³-hybridized carbons (Fsp3) is 0.389. The Balaban J connectivity index is 0.00000156. The maximum atomic E-state index is 12.8. The van der Waals surface area contributed by atoms with Crippen molar-refractivity contribution in [2.45, 2.75) is 38.1 Å². The number of anilines is 1. The summed E-state index contributed by atoms with van der Waals surface area (Å²) in [6, 6.07) is 8.35. The minimum Gasteiger partial charge on any atom is -0.385 e. The summed E-state index contributed by atoms with van der Waals surface area (Å²) in [5.41, 5.74) is 4.46. The van der Waals surface area contributed by atoms with Crippen molar-refractivity contribution >= 4 is 35.3 Å². The smallest absolute Gasteiger partial charge is 0.252 e. The molecule has 122 valence electrons. The number of aryl methyl sites for hydroxylation is 1. The molecule has 0 radical (unpaired) electrons. The van der Waals surface area contributed by atoms with Crippen LogP contribution in [0.3, 0.4) is 0 Å². The van der Waals surface area contributed by atoms with Gasteiger partial charge < -0.3 is 10.6 Å². The predicted octanol–water partition coefficient (Wildman–Crippen LogP) is 4.34. The van der Waals surface area contributed by atoms with Gasteiger partial charge in [0.05, 0.1) is 6.04 Å². The van der Waals surface area contributed by atoms with Gasteiger partial charge in [-0.2, -0.15) is 0 Å². The molecular weight excluding hydrogens is 328 g/mol. The van der Waals surface area contributed by atoms with Crippen LogP contribution in [0.4, 0.5) is 5.69 Å². The Morgan fingerprint density at radius 1 is 1.22 bits per heavy atom. The van der Waals surface area contributed by atoms with E-state index in [1.807, 2.05) is 23.5 Å². The first-order chi connectivity index (χ1) is 10.8. The molecule has 1 aromatic heterocycles. The summed E-state index contributed by atoms with van der Waals surface area (Å²) in [6.45, 7) is 0.999. The highest BCUT2D eigenvalue weighted by Gasteiger charge is 2.24. The van der Waals surface area contributed by atoms with E-state index in [1.54, 1.807) is 0 Å². The van der Waals surface area contributed by atoms with Gasteiger partial charge in [-0.15, -0.1) is 23.7 Å². The van der Waals surface area contributed by atoms with E-state index in [0.717, 1.165) is 49.9 Å². The van der Waals surface area contributed by atoms with Crippen molar-refractivity contribution in [1.29, 1.82) is 0 Å². The van der Waals surface area contributed by atoms with Gasteiger partial charge in [0.2, 0.25) is 0 Å². The minimum atomic E-state index is 0. The molecule has 2 aromatic rings. The maximum absolute atomic E-state index is 12.8. The van der Waals surface area contributed by atoms with Gasteiger partial charge in [0.1, 0.15) is 0 Å². The van der Waals surface area contributed by atoms with Crippen LogP contribution in [-0.4, -0.2) is 12.5 Å². The third kappa shape index (κ3) is 3.10. The molecule has 5 heteroatoms. The van der Waals surface area contributed by atoms with Crippen molar-refractivity contribution in [3.05, 3.63) is 51.2 Å². The summed E-state index contributed by atoms with van der Waals surface area (Å²) < 4.78 is 0. The third-order valence-electron chi connectivity index (χ3n) is 4.70. The van der Waals surface area contributed by atoms with Crippen LogP contribution < -0.4 is 10.6 Å². The molecule has 4 rings (SSSR count). The van der Waals surface area contributed by atoms with Crippen LogP contribution in [-0.2, 0) is 12.8 Å². The molecular formula is C18H21ClN2OS. The number of nitrogens with one attached hydrogen (secondary N) is 2. The Bertz CT molecular complexity index is 713. The van der Waals surface area contributed by atoms with Crippen LogP contribution in [0.2, 0.25) is 0 Å². The Morgan fingerprint density at radius 2 is 2.13 bits per heavy atom. The maximum Gasteiger partial charge on any atom is 0.252 e. The van der Waals surface area contributed by atoms with Crippen molar-refractivity contribution in [1.82, 2.24) is 5.32 Å². The van der Waals surface area contributed by atoms with Gasteiger partial charge in [0, 0.05) is 22.7 Å². The second-order valence-corrected chi connectivity index (χ2v) is 7.08. The van der Waals surface area contributed by atoms with E-state index in [2.05, 4.69) is 28.1 Å². The first kappa shape index (κ1) is 16.3. The molecule has 1 atom stereocenters. The van der Waals surface area contributed by atoms with Crippen molar-refractivity contribution in [3.8, 4) is 0 Å². The van der Waals surface area contributed by atoms with E-state index in [1.165, 1.54) is 16.0 Å². The summed E-state index contributed by atoms with van der Waals surface area (Å²) in [5.74, 6) is 0.0737. The monoisotopic (exact) mass is 348 g/mol. The molecule has 0 bridgehead atoms. The Kier molecular flexibility index (Phi) is 4.93. The van der Waals surface area contributed by atoms with E-state index in [4.69, 9.17) is 0 Å². The molecule has 1 aromatic carbocycles. The molecule has 2 aliphatic rings. The van der Waals surface area contributed by atoms with E-state index in [9.17, 15) is 4.79 Å². The molecule has 3 nitrogen and oxygen atoms in total. The van der Waals surface area contributed by atoms with Gasteiger partial charge in [-0.1, -0.05) is 6.07 Å². The highest BCUT2D eigenvalue weighted by molar-refractivity contribution is 7.10. The molecule has 0 saturated carbocycles. The Hall–Kier alpha value is -1.52. The molecule has 1 aliphatic carbocycles. The zero-order valence-electron chi connectivity index (χ0n) is 12.9. The van der Waals surface area contributed by atoms with Crippen LogP contribution in [0.5, 0.6) is 0 Å². The molecule has 0 fully saturated rings. The predicted molar refractivity (Wildman–Crippen MR) is 98.0 cm³/mol. The lowest BCUT2D eigenvalue weighted by Gasteiger charge is -2.25. The zero-order chi connectivity index (χ0) is 14.9. The van der Waals surface area contributed by atoms with Gasteiger partial charge in [0.25, 0.3) is 5.91 Å². The summed E-state index contributed by atoms with van der Waals surface area (Å²) in [6.07, 6.45) is 5.44. The van der Waals surface area contributed by atoms with Gasteiger partial charge in [-0.05, 0) is 66.8 Å². The number of benzene rings is 1.